The van der Waals surface area contributed by atoms with Crippen LogP contribution in [0.2, 0.25) is 0 Å². The van der Waals surface area contributed by atoms with Crippen LogP contribution in [0.3, 0.4) is 0 Å². The summed E-state index contributed by atoms with van der Waals surface area (Å²) in [4.78, 5) is 12.8. The molecule has 0 aromatic carbocycles. The molecule has 1 unspecified atom stereocenters. The van der Waals surface area contributed by atoms with E-state index in [9.17, 15) is 4.79 Å². The highest BCUT2D eigenvalue weighted by molar-refractivity contribution is 5.74. The highest BCUT2D eigenvalue weighted by Gasteiger charge is 2.43. The summed E-state index contributed by atoms with van der Waals surface area (Å²) in [5, 5.41) is 18.3. The zero-order valence-corrected chi connectivity index (χ0v) is 9.03. The van der Waals surface area contributed by atoms with Gasteiger partial charge in [0.15, 0.2) is 0 Å². The average Bonchev–Trinajstić information content (AvgIpc) is 2.88. The third kappa shape index (κ3) is 2.25. The van der Waals surface area contributed by atoms with Gasteiger partial charge in [0.1, 0.15) is 6.04 Å². The van der Waals surface area contributed by atoms with Crippen molar-refractivity contribution < 1.29 is 15.0 Å². The van der Waals surface area contributed by atoms with Gasteiger partial charge in [-0.05, 0) is 39.7 Å². The lowest BCUT2D eigenvalue weighted by molar-refractivity contribution is -0.146. The first kappa shape index (κ1) is 11.5. The van der Waals surface area contributed by atoms with Crippen LogP contribution in [-0.2, 0) is 4.79 Å². The van der Waals surface area contributed by atoms with Crippen LogP contribution in [0.25, 0.3) is 0 Å². The maximum atomic E-state index is 11.1. The Labute approximate surface area is 84.5 Å². The molecule has 0 aliphatic heterocycles. The molecule has 0 bridgehead atoms. The van der Waals surface area contributed by atoms with Crippen molar-refractivity contribution in [2.45, 2.75) is 38.3 Å². The number of rotatable bonds is 5. The molecule has 1 saturated carbocycles. The number of aliphatic hydroxyl groups is 1. The van der Waals surface area contributed by atoms with Crippen LogP contribution >= 0.6 is 0 Å². The molecule has 0 heterocycles. The molecule has 2 N–H and O–H groups in total. The number of aliphatic hydroxyl groups excluding tert-OH is 1. The first-order valence-corrected chi connectivity index (χ1v) is 4.97. The van der Waals surface area contributed by atoms with Crippen LogP contribution < -0.4 is 0 Å². The number of carboxylic acids is 1. The summed E-state index contributed by atoms with van der Waals surface area (Å²) >= 11 is 0. The van der Waals surface area contributed by atoms with Crippen LogP contribution in [0.1, 0.15) is 26.7 Å². The SMILES string of the molecule is CN(C(C(=O)O)C1CC1)C(C)(C)CO. The van der Waals surface area contributed by atoms with Gasteiger partial charge in [-0.15, -0.1) is 0 Å². The molecule has 82 valence electrons. The van der Waals surface area contributed by atoms with E-state index in [0.29, 0.717) is 0 Å². The second kappa shape index (κ2) is 3.87. The zero-order valence-electron chi connectivity index (χ0n) is 9.03. The van der Waals surface area contributed by atoms with Crippen molar-refractivity contribution >= 4 is 5.97 Å². The van der Waals surface area contributed by atoms with Gasteiger partial charge in [-0.25, -0.2) is 0 Å². The third-order valence-corrected chi connectivity index (χ3v) is 3.08. The minimum absolute atomic E-state index is 0.0278. The number of nitrogens with zero attached hydrogens (tertiary/aromatic N) is 1. The van der Waals surface area contributed by atoms with Crippen LogP contribution in [0, 0.1) is 5.92 Å². The van der Waals surface area contributed by atoms with Gasteiger partial charge in [-0.3, -0.25) is 9.69 Å². The minimum Gasteiger partial charge on any atom is -0.480 e. The molecule has 0 amide bonds. The Balaban J connectivity index is 2.72. The van der Waals surface area contributed by atoms with Crippen LogP contribution in [0.4, 0.5) is 0 Å². The summed E-state index contributed by atoms with van der Waals surface area (Å²) in [6.45, 7) is 3.68. The molecule has 1 aliphatic carbocycles. The van der Waals surface area contributed by atoms with E-state index in [0.717, 1.165) is 12.8 Å². The minimum atomic E-state index is -0.781. The molecule has 1 fully saturated rings. The van der Waals surface area contributed by atoms with Crippen molar-refractivity contribution in [3.63, 3.8) is 0 Å². The fourth-order valence-electron chi connectivity index (χ4n) is 1.58. The van der Waals surface area contributed by atoms with Gasteiger partial charge in [0.25, 0.3) is 0 Å². The van der Waals surface area contributed by atoms with E-state index in [1.807, 2.05) is 13.8 Å². The summed E-state index contributed by atoms with van der Waals surface area (Å²) in [6.07, 6.45) is 1.98. The zero-order chi connectivity index (χ0) is 10.9. The predicted octanol–water partition coefficient (Wildman–Crippen LogP) is 0.552. The molecule has 4 nitrogen and oxygen atoms in total. The van der Waals surface area contributed by atoms with Gasteiger partial charge in [0.05, 0.1) is 6.61 Å². The van der Waals surface area contributed by atoms with Crippen molar-refractivity contribution in [1.29, 1.82) is 0 Å². The summed E-state index contributed by atoms with van der Waals surface area (Å²) in [7, 11) is 1.77. The van der Waals surface area contributed by atoms with Gasteiger partial charge in [0, 0.05) is 5.54 Å². The first-order valence-electron chi connectivity index (χ1n) is 4.97. The number of hydrogen-bond donors (Lipinski definition) is 2. The van der Waals surface area contributed by atoms with Crippen molar-refractivity contribution in [1.82, 2.24) is 4.90 Å². The number of likely N-dealkylation sites (N-methyl/N-ethyl adjacent to an activating group) is 1. The molecule has 1 rings (SSSR count). The fourth-order valence-corrected chi connectivity index (χ4v) is 1.58. The number of carbonyl (C=O) groups is 1. The lowest BCUT2D eigenvalue weighted by Gasteiger charge is -2.38. The van der Waals surface area contributed by atoms with E-state index in [1.165, 1.54) is 0 Å². The van der Waals surface area contributed by atoms with Crippen LogP contribution in [0.5, 0.6) is 0 Å². The maximum Gasteiger partial charge on any atom is 0.321 e. The second-order valence-electron chi connectivity index (χ2n) is 4.70. The Bertz CT molecular complexity index is 223. The topological polar surface area (TPSA) is 60.8 Å². The van der Waals surface area contributed by atoms with Gasteiger partial charge < -0.3 is 10.2 Å². The number of carboxylic acid groups (broad SMARTS) is 1. The third-order valence-electron chi connectivity index (χ3n) is 3.08. The monoisotopic (exact) mass is 201 g/mol. The summed E-state index contributed by atoms with van der Waals surface area (Å²) in [5.41, 5.74) is -0.467. The molecule has 14 heavy (non-hydrogen) atoms. The highest BCUT2D eigenvalue weighted by atomic mass is 16.4. The van der Waals surface area contributed by atoms with E-state index >= 15 is 0 Å². The van der Waals surface area contributed by atoms with Gasteiger partial charge in [0.2, 0.25) is 0 Å². The van der Waals surface area contributed by atoms with Crippen molar-refractivity contribution in [3.8, 4) is 0 Å². The van der Waals surface area contributed by atoms with E-state index in [4.69, 9.17) is 10.2 Å². The average molecular weight is 201 g/mol. The standard InChI is InChI=1S/C10H19NO3/c1-10(2,6-12)11(3)8(9(13)14)7-4-5-7/h7-8,12H,4-6H2,1-3H3,(H,13,14). The quantitative estimate of drug-likeness (QED) is 0.682. The van der Waals surface area contributed by atoms with Crippen molar-refractivity contribution in [2.75, 3.05) is 13.7 Å². The lowest BCUT2D eigenvalue weighted by Crippen LogP contribution is -2.53. The molecule has 0 aromatic rings. The largest absolute Gasteiger partial charge is 0.480 e. The molecule has 1 aliphatic rings. The Morgan fingerprint density at radius 3 is 2.36 bits per heavy atom. The fraction of sp³-hybridized carbons (Fsp3) is 0.900. The Kier molecular flexibility index (Phi) is 3.17. The molecule has 1 atom stereocenters. The molecule has 0 saturated heterocycles. The smallest absolute Gasteiger partial charge is 0.321 e. The second-order valence-corrected chi connectivity index (χ2v) is 4.70. The molecule has 0 spiro atoms. The summed E-state index contributed by atoms with van der Waals surface area (Å²) in [5.74, 6) is -0.514. The number of hydrogen-bond acceptors (Lipinski definition) is 3. The van der Waals surface area contributed by atoms with Crippen molar-refractivity contribution in [3.05, 3.63) is 0 Å². The molecular weight excluding hydrogens is 182 g/mol. The number of aliphatic carboxylic acids is 1. The van der Waals surface area contributed by atoms with Gasteiger partial charge in [-0.2, -0.15) is 0 Å². The Hall–Kier alpha value is -0.610. The van der Waals surface area contributed by atoms with Gasteiger partial charge in [-0.1, -0.05) is 0 Å². The Morgan fingerprint density at radius 2 is 2.07 bits per heavy atom. The van der Waals surface area contributed by atoms with Crippen molar-refractivity contribution in [2.24, 2.45) is 5.92 Å². The van der Waals surface area contributed by atoms with E-state index < -0.39 is 17.6 Å². The predicted molar refractivity (Wildman–Crippen MR) is 53.1 cm³/mol. The van der Waals surface area contributed by atoms with E-state index in [-0.39, 0.29) is 12.5 Å². The van der Waals surface area contributed by atoms with Crippen LogP contribution in [0.15, 0.2) is 0 Å². The van der Waals surface area contributed by atoms with E-state index in [2.05, 4.69) is 0 Å². The molecule has 4 heteroatoms. The lowest BCUT2D eigenvalue weighted by atomic mass is 10.00. The van der Waals surface area contributed by atoms with Crippen LogP contribution in [-0.4, -0.2) is 46.3 Å². The first-order chi connectivity index (χ1) is 6.40. The summed E-state index contributed by atoms with van der Waals surface area (Å²) in [6, 6.07) is -0.447. The normalized spacial score (nSPS) is 19.8. The summed E-state index contributed by atoms with van der Waals surface area (Å²) < 4.78 is 0. The van der Waals surface area contributed by atoms with E-state index in [1.54, 1.807) is 11.9 Å². The van der Waals surface area contributed by atoms with Gasteiger partial charge >= 0.3 is 5.97 Å². The maximum absolute atomic E-state index is 11.1. The molecule has 0 radical (unpaired) electrons. The Morgan fingerprint density at radius 1 is 1.57 bits per heavy atom. The molecule has 0 aromatic heterocycles. The highest BCUT2D eigenvalue weighted by Crippen LogP contribution is 2.37. The molecular formula is C10H19NO3.